The van der Waals surface area contributed by atoms with Crippen molar-refractivity contribution < 1.29 is 19.2 Å². The molecular formula is C44H34N4O4. The average Bonchev–Trinajstić information content (AvgIpc) is 3.57. The van der Waals surface area contributed by atoms with Crippen molar-refractivity contribution in [2.45, 2.75) is 26.7 Å². The Morgan fingerprint density at radius 2 is 0.692 bits per heavy atom. The molecule has 0 aliphatic carbocycles. The Bertz CT molecular complexity index is 2310. The summed E-state index contributed by atoms with van der Waals surface area (Å²) in [5, 5.41) is 0. The molecule has 2 aliphatic rings. The predicted octanol–water partition coefficient (Wildman–Crippen LogP) is 8.58. The number of hydrogen-bond acceptors (Lipinski definition) is 6. The third kappa shape index (κ3) is 5.24. The summed E-state index contributed by atoms with van der Waals surface area (Å²) in [7, 11) is 0. The number of carbonyl (C=O) groups excluding carboxylic acids is 4. The number of fused-ring (bicyclic) bond motifs is 2. The molecule has 2 aliphatic heterocycles. The van der Waals surface area contributed by atoms with Gasteiger partial charge in [0.05, 0.1) is 33.6 Å². The second-order valence-corrected chi connectivity index (χ2v) is 13.1. The molecule has 8 heteroatoms. The van der Waals surface area contributed by atoms with Crippen LogP contribution in [0.1, 0.15) is 66.4 Å². The Kier molecular flexibility index (Phi) is 7.80. The minimum absolute atomic E-state index is 0.356. The quantitative estimate of drug-likeness (QED) is 0.128. The van der Waals surface area contributed by atoms with Gasteiger partial charge < -0.3 is 11.5 Å². The van der Waals surface area contributed by atoms with E-state index in [9.17, 15) is 19.2 Å². The topological polar surface area (TPSA) is 127 Å². The molecule has 0 radical (unpaired) electrons. The lowest BCUT2D eigenvalue weighted by Crippen LogP contribution is -2.30. The van der Waals surface area contributed by atoms with Crippen molar-refractivity contribution in [3.63, 3.8) is 0 Å². The molecule has 0 saturated carbocycles. The minimum atomic E-state index is -0.362. The lowest BCUT2D eigenvalue weighted by atomic mass is 9.97. The number of hydrogen-bond donors (Lipinski definition) is 2. The van der Waals surface area contributed by atoms with Crippen LogP contribution < -0.4 is 21.3 Å². The lowest BCUT2D eigenvalue weighted by molar-refractivity contribution is 0.0910. The number of rotatable bonds is 7. The van der Waals surface area contributed by atoms with Gasteiger partial charge in [-0.1, -0.05) is 62.4 Å². The van der Waals surface area contributed by atoms with Gasteiger partial charge in [-0.25, -0.2) is 9.80 Å². The van der Waals surface area contributed by atoms with Gasteiger partial charge in [0.25, 0.3) is 23.6 Å². The van der Waals surface area contributed by atoms with Gasteiger partial charge in [-0.3, -0.25) is 19.2 Å². The number of aryl methyl sites for hydroxylation is 2. The van der Waals surface area contributed by atoms with E-state index in [0.717, 1.165) is 44.5 Å². The molecule has 0 spiro atoms. The molecule has 52 heavy (non-hydrogen) atoms. The van der Waals surface area contributed by atoms with Crippen LogP contribution in [0.15, 0.2) is 121 Å². The van der Waals surface area contributed by atoms with Gasteiger partial charge >= 0.3 is 0 Å². The maximum atomic E-state index is 13.8. The Balaban J connectivity index is 1.08. The van der Waals surface area contributed by atoms with E-state index in [1.54, 1.807) is 48.5 Å². The van der Waals surface area contributed by atoms with Crippen molar-refractivity contribution in [2.75, 3.05) is 21.3 Å². The van der Waals surface area contributed by atoms with Gasteiger partial charge in [0.2, 0.25) is 0 Å². The van der Waals surface area contributed by atoms with Gasteiger partial charge in [0, 0.05) is 11.4 Å². The molecule has 0 fully saturated rings. The molecule has 254 valence electrons. The second kappa shape index (κ2) is 12.5. The molecule has 6 aromatic carbocycles. The van der Waals surface area contributed by atoms with Crippen LogP contribution >= 0.6 is 0 Å². The molecule has 8 rings (SSSR count). The highest BCUT2D eigenvalue weighted by molar-refractivity contribution is 6.36. The molecular weight excluding hydrogens is 649 g/mol. The van der Waals surface area contributed by atoms with E-state index < -0.39 is 0 Å². The summed E-state index contributed by atoms with van der Waals surface area (Å²) < 4.78 is 0. The molecule has 0 saturated heterocycles. The first kappa shape index (κ1) is 32.4. The van der Waals surface area contributed by atoms with Crippen LogP contribution in [0.3, 0.4) is 0 Å². The summed E-state index contributed by atoms with van der Waals surface area (Å²) >= 11 is 0. The average molecular weight is 683 g/mol. The fourth-order valence-corrected chi connectivity index (χ4v) is 7.16. The number of carbonyl (C=O) groups is 4. The van der Waals surface area contributed by atoms with E-state index in [1.165, 1.54) is 9.80 Å². The number of nitrogen functional groups attached to an aromatic ring is 2. The highest BCUT2D eigenvalue weighted by Gasteiger charge is 2.39. The predicted molar refractivity (Wildman–Crippen MR) is 205 cm³/mol. The standard InChI is InChI=1S/C44H34N4O4/c1-3-25-21-29(11-19-39(25)47-41(49)35-17-9-31(23-37(35)43(47)51)27-5-13-33(45)14-6-27)30-12-20-40(26(4-2)22-30)48-42(50)36-18-10-32(24-38(36)44(48)52)28-7-15-34(46)16-8-28/h5-24H,3-4,45-46H2,1-2H3. The molecule has 0 atom stereocenters. The van der Waals surface area contributed by atoms with Crippen LogP contribution in [0, 0.1) is 0 Å². The van der Waals surface area contributed by atoms with E-state index in [1.807, 2.05) is 86.6 Å². The summed E-state index contributed by atoms with van der Waals surface area (Å²) in [4.78, 5) is 57.3. The molecule has 0 unspecified atom stereocenters. The van der Waals surface area contributed by atoms with Crippen molar-refractivity contribution in [2.24, 2.45) is 0 Å². The molecule has 6 aromatic rings. The lowest BCUT2D eigenvalue weighted by Gasteiger charge is -2.20. The molecule has 8 nitrogen and oxygen atoms in total. The van der Waals surface area contributed by atoms with Crippen molar-refractivity contribution in [3.8, 4) is 33.4 Å². The van der Waals surface area contributed by atoms with E-state index in [0.29, 0.717) is 57.8 Å². The van der Waals surface area contributed by atoms with Gasteiger partial charge in [-0.15, -0.1) is 0 Å². The van der Waals surface area contributed by atoms with E-state index >= 15 is 0 Å². The van der Waals surface area contributed by atoms with E-state index in [4.69, 9.17) is 11.5 Å². The Morgan fingerprint density at radius 3 is 1.06 bits per heavy atom. The Morgan fingerprint density at radius 1 is 0.385 bits per heavy atom. The van der Waals surface area contributed by atoms with Crippen LogP contribution in [0.25, 0.3) is 33.4 Å². The summed E-state index contributed by atoms with van der Waals surface area (Å²) in [6.45, 7) is 3.98. The Hall–Kier alpha value is -6.80. The fraction of sp³-hybridized carbons (Fsp3) is 0.0909. The second-order valence-electron chi connectivity index (χ2n) is 13.1. The van der Waals surface area contributed by atoms with Crippen LogP contribution in [0.5, 0.6) is 0 Å². The third-order valence-corrected chi connectivity index (χ3v) is 10.00. The number of nitrogens with zero attached hydrogens (tertiary/aromatic N) is 2. The van der Waals surface area contributed by atoms with E-state index in [-0.39, 0.29) is 23.6 Å². The zero-order valence-corrected chi connectivity index (χ0v) is 28.6. The molecule has 4 N–H and O–H groups in total. The normalized spacial score (nSPS) is 13.6. The first-order valence-corrected chi connectivity index (χ1v) is 17.2. The number of benzene rings is 6. The zero-order valence-electron chi connectivity index (χ0n) is 28.6. The van der Waals surface area contributed by atoms with Crippen LogP contribution in [-0.4, -0.2) is 23.6 Å². The SMILES string of the molecule is CCc1cc(-c2ccc(N3C(=O)c4ccc(-c5ccc(N)cc5)cc4C3=O)c(CC)c2)ccc1N1C(=O)c2ccc(-c3ccc(N)cc3)cc2C1=O. The van der Waals surface area contributed by atoms with Crippen molar-refractivity contribution in [1.82, 2.24) is 0 Å². The maximum Gasteiger partial charge on any atom is 0.266 e. The summed E-state index contributed by atoms with van der Waals surface area (Å²) in [6.07, 6.45) is 1.17. The summed E-state index contributed by atoms with van der Waals surface area (Å²) in [5.41, 5.74) is 22.5. The van der Waals surface area contributed by atoms with Gasteiger partial charge in [-0.2, -0.15) is 0 Å². The minimum Gasteiger partial charge on any atom is -0.399 e. The highest BCUT2D eigenvalue weighted by atomic mass is 16.2. The first-order valence-electron chi connectivity index (χ1n) is 17.2. The molecule has 0 aromatic heterocycles. The third-order valence-electron chi connectivity index (χ3n) is 10.00. The monoisotopic (exact) mass is 682 g/mol. The van der Waals surface area contributed by atoms with Crippen molar-refractivity contribution >= 4 is 46.4 Å². The van der Waals surface area contributed by atoms with E-state index in [2.05, 4.69) is 0 Å². The molecule has 2 heterocycles. The number of amides is 4. The van der Waals surface area contributed by atoms with Crippen LogP contribution in [0.4, 0.5) is 22.7 Å². The Labute approximate surface area is 300 Å². The molecule has 4 amide bonds. The fourth-order valence-electron chi connectivity index (χ4n) is 7.16. The summed E-state index contributed by atoms with van der Waals surface area (Å²) in [5.74, 6) is -1.44. The maximum absolute atomic E-state index is 13.8. The number of nitrogens with two attached hydrogens (primary N) is 2. The smallest absolute Gasteiger partial charge is 0.266 e. The van der Waals surface area contributed by atoms with Crippen LogP contribution in [-0.2, 0) is 12.8 Å². The van der Waals surface area contributed by atoms with Gasteiger partial charge in [-0.05, 0) is 130 Å². The zero-order chi connectivity index (χ0) is 36.3. The van der Waals surface area contributed by atoms with Crippen LogP contribution in [0.2, 0.25) is 0 Å². The summed E-state index contributed by atoms with van der Waals surface area (Å²) in [6, 6.07) is 36.8. The first-order chi connectivity index (χ1) is 25.2. The van der Waals surface area contributed by atoms with Crippen molar-refractivity contribution in [3.05, 3.63) is 155 Å². The van der Waals surface area contributed by atoms with Crippen molar-refractivity contribution in [1.29, 1.82) is 0 Å². The largest absolute Gasteiger partial charge is 0.399 e. The van der Waals surface area contributed by atoms with Gasteiger partial charge in [0.1, 0.15) is 0 Å². The highest BCUT2D eigenvalue weighted by Crippen LogP contribution is 2.38. The van der Waals surface area contributed by atoms with Gasteiger partial charge in [0.15, 0.2) is 0 Å². The molecule has 0 bridgehead atoms. The number of anilines is 4. The number of imide groups is 2.